The van der Waals surface area contributed by atoms with Gasteiger partial charge in [-0.25, -0.2) is 24.5 Å². The molecule has 0 atom stereocenters. The van der Waals surface area contributed by atoms with Gasteiger partial charge in [0.05, 0.1) is 33.4 Å². The minimum Gasteiger partial charge on any atom is -0.469 e. The molecule has 13 heteroatoms. The molecule has 0 fully saturated rings. The van der Waals surface area contributed by atoms with Gasteiger partial charge < -0.3 is 31.4 Å². The maximum atomic E-state index is 10.8. The van der Waals surface area contributed by atoms with Crippen molar-refractivity contribution in [2.75, 3.05) is 38.5 Å². The molecule has 3 heterocycles. The number of anilines is 3. The topological polar surface area (TPSA) is 196 Å². The van der Waals surface area contributed by atoms with E-state index >= 15 is 0 Å². The van der Waals surface area contributed by atoms with Crippen LogP contribution in [0.5, 0.6) is 0 Å². The lowest BCUT2D eigenvalue weighted by atomic mass is 10.2. The molecule has 0 aliphatic rings. The number of hydrogen-bond acceptors (Lipinski definition) is 12. The monoisotopic (exact) mass is 648 g/mol. The molecule has 0 saturated carbocycles. The molecule has 0 radical (unpaired) electrons. The molecule has 3 aromatic heterocycles. The van der Waals surface area contributed by atoms with Crippen LogP contribution in [0.25, 0.3) is 6.08 Å². The first-order valence-corrected chi connectivity index (χ1v) is 12.2. The fourth-order valence-electron chi connectivity index (χ4n) is 2.26. The number of rotatable bonds is 6. The fourth-order valence-corrected chi connectivity index (χ4v) is 2.62. The van der Waals surface area contributed by atoms with E-state index in [0.29, 0.717) is 36.0 Å². The second-order valence-corrected chi connectivity index (χ2v) is 7.90. The molecule has 0 spiro atoms. The predicted octanol–water partition coefficient (Wildman–Crippen LogP) is 4.66. The second-order valence-electron chi connectivity index (χ2n) is 7.09. The van der Waals surface area contributed by atoms with Gasteiger partial charge in [-0.2, -0.15) is 0 Å². The van der Waals surface area contributed by atoms with Gasteiger partial charge in [-0.1, -0.05) is 39.6 Å². The van der Waals surface area contributed by atoms with E-state index in [1.54, 1.807) is 36.4 Å². The molecule has 3 aromatic rings. The summed E-state index contributed by atoms with van der Waals surface area (Å²) in [4.78, 5) is 43.2. The Morgan fingerprint density at radius 2 is 1.31 bits per heavy atom. The quantitative estimate of drug-likeness (QED) is 0.145. The van der Waals surface area contributed by atoms with Gasteiger partial charge in [-0.3, -0.25) is 4.79 Å². The molecule has 0 saturated heterocycles. The SMILES string of the molecule is C.C.C=CC(=O)OC.COC(=O)/C=C/c1cccc(N)n1.COC(=O)CCc1cccc(N)n1.Nc1cccc(Br)n1. The number of nitrogens with two attached hydrogens (primary N) is 3. The highest BCUT2D eigenvalue weighted by molar-refractivity contribution is 9.10. The van der Waals surface area contributed by atoms with E-state index in [-0.39, 0.29) is 20.8 Å². The van der Waals surface area contributed by atoms with Gasteiger partial charge in [-0.05, 0) is 58.4 Å². The highest BCUT2D eigenvalue weighted by atomic mass is 79.9. The number of aromatic nitrogens is 3. The summed E-state index contributed by atoms with van der Waals surface area (Å²) in [5.74, 6) is 0.400. The third-order valence-corrected chi connectivity index (χ3v) is 4.57. The van der Waals surface area contributed by atoms with Crippen LogP contribution in [0, 0.1) is 0 Å². The molecule has 0 bridgehead atoms. The van der Waals surface area contributed by atoms with Crippen molar-refractivity contribution in [1.82, 2.24) is 15.0 Å². The van der Waals surface area contributed by atoms with Crippen molar-refractivity contribution in [2.45, 2.75) is 27.7 Å². The van der Waals surface area contributed by atoms with Crippen molar-refractivity contribution < 1.29 is 28.6 Å². The van der Waals surface area contributed by atoms with Crippen molar-refractivity contribution in [3.8, 4) is 0 Å². The minimum absolute atomic E-state index is 0. The number of carbonyl (C=O) groups is 3. The zero-order chi connectivity index (χ0) is 30.3. The smallest absolute Gasteiger partial charge is 0.330 e. The Hall–Kier alpha value is -4.78. The van der Waals surface area contributed by atoms with Gasteiger partial charge in [0, 0.05) is 24.3 Å². The number of ether oxygens (including phenoxy) is 3. The summed E-state index contributed by atoms with van der Waals surface area (Å²) >= 11 is 3.17. The summed E-state index contributed by atoms with van der Waals surface area (Å²) in [5.41, 5.74) is 17.7. The second kappa shape index (κ2) is 25.2. The van der Waals surface area contributed by atoms with Gasteiger partial charge in [0.1, 0.15) is 22.1 Å². The van der Waals surface area contributed by atoms with E-state index in [1.807, 2.05) is 24.3 Å². The number of nitrogens with zero attached hydrogens (tertiary/aromatic N) is 3. The van der Waals surface area contributed by atoms with E-state index in [9.17, 15) is 14.4 Å². The Morgan fingerprint density at radius 1 is 0.786 bits per heavy atom. The van der Waals surface area contributed by atoms with Crippen molar-refractivity contribution in [2.24, 2.45) is 0 Å². The Balaban J connectivity index is -0.000000496. The van der Waals surface area contributed by atoms with Crippen molar-refractivity contribution in [1.29, 1.82) is 0 Å². The first kappa shape index (κ1) is 41.7. The highest BCUT2D eigenvalue weighted by Crippen LogP contribution is 2.06. The molecule has 0 aliphatic carbocycles. The minimum atomic E-state index is -0.413. The number of hydrogen-bond donors (Lipinski definition) is 3. The third-order valence-electron chi connectivity index (χ3n) is 4.13. The van der Waals surface area contributed by atoms with E-state index in [1.165, 1.54) is 27.4 Å². The van der Waals surface area contributed by atoms with Gasteiger partial charge in [0.25, 0.3) is 0 Å². The Labute approximate surface area is 256 Å². The Morgan fingerprint density at radius 3 is 1.71 bits per heavy atom. The predicted molar refractivity (Wildman–Crippen MR) is 171 cm³/mol. The molecule has 42 heavy (non-hydrogen) atoms. The van der Waals surface area contributed by atoms with Gasteiger partial charge in [0.15, 0.2) is 0 Å². The number of methoxy groups -OCH3 is 3. The largest absolute Gasteiger partial charge is 0.469 e. The van der Waals surface area contributed by atoms with Crippen molar-refractivity contribution >= 4 is 57.4 Å². The van der Waals surface area contributed by atoms with Crippen LogP contribution in [-0.4, -0.2) is 54.2 Å². The van der Waals surface area contributed by atoms with E-state index in [0.717, 1.165) is 16.4 Å². The molecule has 0 amide bonds. The summed E-state index contributed by atoms with van der Waals surface area (Å²) in [6.45, 7) is 3.16. The molecular weight excluding hydrogens is 608 g/mol. The zero-order valence-electron chi connectivity index (χ0n) is 22.5. The molecule has 230 valence electrons. The van der Waals surface area contributed by atoms with Gasteiger partial charge >= 0.3 is 17.9 Å². The molecule has 6 N–H and O–H groups in total. The number of carbonyl (C=O) groups excluding carboxylic acids is 3. The lowest BCUT2D eigenvalue weighted by Crippen LogP contribution is -2.03. The lowest BCUT2D eigenvalue weighted by molar-refractivity contribution is -0.140. The average molecular weight is 650 g/mol. The zero-order valence-corrected chi connectivity index (χ0v) is 24.0. The average Bonchev–Trinajstić information content (AvgIpc) is 2.95. The fraction of sp³-hybridized carbons (Fsp3) is 0.241. The van der Waals surface area contributed by atoms with Crippen LogP contribution >= 0.6 is 15.9 Å². The van der Waals surface area contributed by atoms with Crippen LogP contribution in [0.2, 0.25) is 0 Å². The maximum absolute atomic E-state index is 10.8. The molecule has 0 aliphatic heterocycles. The van der Waals surface area contributed by atoms with Crippen LogP contribution in [-0.2, 0) is 35.0 Å². The standard InChI is InChI=1S/C9H12N2O2.C9H10N2O2.C5H5BrN2.C4H6O2.2CH4/c2*1-13-9(12)6-5-7-3-2-4-8(10)11-7;6-4-2-1-3-5(7)8-4;1-3-4(5)6-2;;/h2-4H,5-6H2,1H3,(H2,10,11);2-6H,1H3,(H2,10,11);1-3H,(H2,7,8);3H,1H2,2H3;2*1H4/b;6-5+;;;;. The first-order valence-electron chi connectivity index (χ1n) is 11.4. The van der Waals surface area contributed by atoms with Crippen molar-refractivity contribution in [3.63, 3.8) is 0 Å². The normalized spacial score (nSPS) is 8.86. The number of pyridine rings is 3. The highest BCUT2D eigenvalue weighted by Gasteiger charge is 2.02. The van der Waals surface area contributed by atoms with E-state index in [2.05, 4.69) is 51.7 Å². The molecule has 0 unspecified atom stereocenters. The molecule has 12 nitrogen and oxygen atoms in total. The number of halogens is 1. The van der Waals surface area contributed by atoms with Crippen LogP contribution in [0.1, 0.15) is 32.7 Å². The maximum Gasteiger partial charge on any atom is 0.330 e. The van der Waals surface area contributed by atoms with Gasteiger partial charge in [0.2, 0.25) is 0 Å². The third kappa shape index (κ3) is 22.1. The van der Waals surface area contributed by atoms with E-state index < -0.39 is 11.9 Å². The number of aryl methyl sites for hydroxylation is 1. The number of nitrogen functional groups attached to an aromatic ring is 3. The van der Waals surface area contributed by atoms with Crippen LogP contribution in [0.3, 0.4) is 0 Å². The molecular formula is C29H41BrN6O6. The Bertz CT molecular complexity index is 1240. The summed E-state index contributed by atoms with van der Waals surface area (Å²) in [6, 6.07) is 16.0. The van der Waals surface area contributed by atoms with Gasteiger partial charge in [-0.15, -0.1) is 0 Å². The Kier molecular flexibility index (Phi) is 25.0. The summed E-state index contributed by atoms with van der Waals surface area (Å²) in [5, 5.41) is 0. The summed E-state index contributed by atoms with van der Waals surface area (Å²) < 4.78 is 13.8. The van der Waals surface area contributed by atoms with Crippen LogP contribution < -0.4 is 17.2 Å². The summed E-state index contributed by atoms with van der Waals surface area (Å²) in [7, 11) is 4.00. The van der Waals surface area contributed by atoms with E-state index in [4.69, 9.17) is 17.2 Å². The van der Waals surface area contributed by atoms with Crippen LogP contribution in [0.15, 0.2) is 77.9 Å². The molecule has 0 aromatic carbocycles. The van der Waals surface area contributed by atoms with Crippen LogP contribution in [0.4, 0.5) is 17.5 Å². The van der Waals surface area contributed by atoms with Crippen molar-refractivity contribution in [3.05, 3.63) is 89.3 Å². The number of esters is 3. The first-order chi connectivity index (χ1) is 19.0. The lowest BCUT2D eigenvalue weighted by Gasteiger charge is -2.00. The summed E-state index contributed by atoms with van der Waals surface area (Å²) in [6.07, 6.45) is 4.86. The molecule has 3 rings (SSSR count).